The zero-order valence-electron chi connectivity index (χ0n) is 12.3. The van der Waals surface area contributed by atoms with Gasteiger partial charge >= 0.3 is 0 Å². The number of hydrogen-bond donors (Lipinski definition) is 2. The van der Waals surface area contributed by atoms with Crippen LogP contribution in [0, 0.1) is 5.92 Å². The second-order valence-electron chi connectivity index (χ2n) is 6.23. The standard InChI is InChI=1S/C15H29N3O/c1-13(12-18-9-3-2-4-10-18)17-15(19)11-14-5-7-16-8-6-14/h13-14,16H,2-12H2,1H3,(H,17,19). The molecule has 1 unspecified atom stereocenters. The van der Waals surface area contributed by atoms with Gasteiger partial charge < -0.3 is 15.5 Å². The topological polar surface area (TPSA) is 44.4 Å². The highest BCUT2D eigenvalue weighted by Crippen LogP contribution is 2.15. The van der Waals surface area contributed by atoms with Crippen LogP contribution in [0.1, 0.15) is 45.4 Å². The van der Waals surface area contributed by atoms with E-state index in [1.807, 2.05) is 0 Å². The van der Waals surface area contributed by atoms with Gasteiger partial charge in [0.1, 0.15) is 0 Å². The van der Waals surface area contributed by atoms with Crippen LogP contribution < -0.4 is 10.6 Å². The quantitative estimate of drug-likeness (QED) is 0.791. The summed E-state index contributed by atoms with van der Waals surface area (Å²) in [4.78, 5) is 14.5. The van der Waals surface area contributed by atoms with E-state index in [0.717, 1.165) is 32.5 Å². The van der Waals surface area contributed by atoms with Gasteiger partial charge in [-0.05, 0) is 64.7 Å². The molecule has 2 aliphatic heterocycles. The molecule has 1 atom stereocenters. The lowest BCUT2D eigenvalue weighted by atomic mass is 9.94. The summed E-state index contributed by atoms with van der Waals surface area (Å²) in [5, 5.41) is 6.52. The van der Waals surface area contributed by atoms with Gasteiger partial charge in [0, 0.05) is 19.0 Å². The Labute approximate surface area is 117 Å². The molecule has 0 aromatic heterocycles. The number of likely N-dealkylation sites (tertiary alicyclic amines) is 1. The lowest BCUT2D eigenvalue weighted by Crippen LogP contribution is -2.44. The third-order valence-electron chi connectivity index (χ3n) is 4.32. The first-order valence-electron chi connectivity index (χ1n) is 7.96. The Kier molecular flexibility index (Phi) is 6.11. The smallest absolute Gasteiger partial charge is 0.220 e. The molecule has 2 saturated heterocycles. The minimum absolute atomic E-state index is 0.247. The number of nitrogens with one attached hydrogen (secondary N) is 2. The Morgan fingerprint density at radius 3 is 2.63 bits per heavy atom. The van der Waals surface area contributed by atoms with Crippen LogP contribution in [-0.2, 0) is 4.79 Å². The molecule has 0 aliphatic carbocycles. The van der Waals surface area contributed by atoms with Gasteiger partial charge in [0.15, 0.2) is 0 Å². The number of rotatable bonds is 5. The Morgan fingerprint density at radius 1 is 1.26 bits per heavy atom. The second kappa shape index (κ2) is 7.85. The number of carbonyl (C=O) groups is 1. The van der Waals surface area contributed by atoms with Crippen LogP contribution in [0.15, 0.2) is 0 Å². The third-order valence-corrected chi connectivity index (χ3v) is 4.32. The van der Waals surface area contributed by atoms with E-state index in [1.54, 1.807) is 0 Å². The molecule has 0 aromatic carbocycles. The van der Waals surface area contributed by atoms with Gasteiger partial charge in [-0.15, -0.1) is 0 Å². The van der Waals surface area contributed by atoms with E-state index < -0.39 is 0 Å². The lowest BCUT2D eigenvalue weighted by Gasteiger charge is -2.29. The third kappa shape index (κ3) is 5.49. The molecule has 2 fully saturated rings. The summed E-state index contributed by atoms with van der Waals surface area (Å²) in [6.45, 7) is 7.69. The van der Waals surface area contributed by atoms with Crippen molar-refractivity contribution in [1.82, 2.24) is 15.5 Å². The van der Waals surface area contributed by atoms with Gasteiger partial charge in [-0.1, -0.05) is 6.42 Å². The van der Waals surface area contributed by atoms with Crippen molar-refractivity contribution in [3.8, 4) is 0 Å². The second-order valence-corrected chi connectivity index (χ2v) is 6.23. The van der Waals surface area contributed by atoms with Crippen LogP contribution in [-0.4, -0.2) is 49.6 Å². The maximum absolute atomic E-state index is 12.0. The molecular formula is C15H29N3O. The van der Waals surface area contributed by atoms with E-state index in [9.17, 15) is 4.79 Å². The Morgan fingerprint density at radius 2 is 1.95 bits per heavy atom. The average molecular weight is 267 g/mol. The van der Waals surface area contributed by atoms with Crippen molar-refractivity contribution >= 4 is 5.91 Å². The van der Waals surface area contributed by atoms with Gasteiger partial charge in [-0.3, -0.25) is 4.79 Å². The van der Waals surface area contributed by atoms with Gasteiger partial charge in [-0.2, -0.15) is 0 Å². The number of hydrogen-bond acceptors (Lipinski definition) is 3. The summed E-state index contributed by atoms with van der Waals surface area (Å²) in [7, 11) is 0. The zero-order valence-corrected chi connectivity index (χ0v) is 12.3. The van der Waals surface area contributed by atoms with E-state index in [0.29, 0.717) is 12.3 Å². The SMILES string of the molecule is CC(CN1CCCCC1)NC(=O)CC1CCNCC1. The Balaban J connectivity index is 1.63. The zero-order chi connectivity index (χ0) is 13.5. The van der Waals surface area contributed by atoms with E-state index in [2.05, 4.69) is 22.5 Å². The molecule has 19 heavy (non-hydrogen) atoms. The van der Waals surface area contributed by atoms with Gasteiger partial charge in [0.25, 0.3) is 0 Å². The van der Waals surface area contributed by atoms with Crippen molar-refractivity contribution in [2.24, 2.45) is 5.92 Å². The molecule has 2 N–H and O–H groups in total. The van der Waals surface area contributed by atoms with Crippen molar-refractivity contribution in [3.63, 3.8) is 0 Å². The van der Waals surface area contributed by atoms with Gasteiger partial charge in [-0.25, -0.2) is 0 Å². The summed E-state index contributed by atoms with van der Waals surface area (Å²) in [6, 6.07) is 0.285. The Hall–Kier alpha value is -0.610. The van der Waals surface area contributed by atoms with Crippen LogP contribution in [0.25, 0.3) is 0 Å². The fourth-order valence-electron chi connectivity index (χ4n) is 3.26. The average Bonchev–Trinajstić information content (AvgIpc) is 2.40. The monoisotopic (exact) mass is 267 g/mol. The molecule has 0 radical (unpaired) electrons. The van der Waals surface area contributed by atoms with E-state index in [1.165, 1.54) is 32.4 Å². The summed E-state index contributed by atoms with van der Waals surface area (Å²) in [5.74, 6) is 0.833. The highest BCUT2D eigenvalue weighted by atomic mass is 16.1. The van der Waals surface area contributed by atoms with Gasteiger partial charge in [0.05, 0.1) is 0 Å². The minimum atomic E-state index is 0.247. The number of nitrogens with zero attached hydrogens (tertiary/aromatic N) is 1. The first kappa shape index (κ1) is 14.8. The molecular weight excluding hydrogens is 238 g/mol. The van der Waals surface area contributed by atoms with Crippen molar-refractivity contribution in [2.45, 2.75) is 51.5 Å². The molecule has 0 aromatic rings. The van der Waals surface area contributed by atoms with Crippen molar-refractivity contribution < 1.29 is 4.79 Å². The van der Waals surface area contributed by atoms with Crippen molar-refractivity contribution in [1.29, 1.82) is 0 Å². The van der Waals surface area contributed by atoms with Crippen molar-refractivity contribution in [2.75, 3.05) is 32.7 Å². The molecule has 4 nitrogen and oxygen atoms in total. The molecule has 110 valence electrons. The maximum Gasteiger partial charge on any atom is 0.220 e. The molecule has 2 aliphatic rings. The molecule has 1 amide bonds. The Bertz CT molecular complexity index is 271. The first-order chi connectivity index (χ1) is 9.24. The predicted molar refractivity (Wildman–Crippen MR) is 78.1 cm³/mol. The lowest BCUT2D eigenvalue weighted by molar-refractivity contribution is -0.122. The fraction of sp³-hybridized carbons (Fsp3) is 0.933. The fourth-order valence-corrected chi connectivity index (χ4v) is 3.26. The first-order valence-corrected chi connectivity index (χ1v) is 7.96. The normalized spacial score (nSPS) is 24.1. The number of amides is 1. The summed E-state index contributed by atoms with van der Waals surface area (Å²) >= 11 is 0. The van der Waals surface area contributed by atoms with Crippen molar-refractivity contribution in [3.05, 3.63) is 0 Å². The summed E-state index contributed by atoms with van der Waals surface area (Å²) in [5.41, 5.74) is 0. The molecule has 0 spiro atoms. The molecule has 4 heteroatoms. The van der Waals surface area contributed by atoms with Crippen LogP contribution in [0.5, 0.6) is 0 Å². The van der Waals surface area contributed by atoms with E-state index in [-0.39, 0.29) is 11.9 Å². The molecule has 0 saturated carbocycles. The highest BCUT2D eigenvalue weighted by Gasteiger charge is 2.19. The van der Waals surface area contributed by atoms with Crippen LogP contribution >= 0.6 is 0 Å². The maximum atomic E-state index is 12.0. The minimum Gasteiger partial charge on any atom is -0.352 e. The van der Waals surface area contributed by atoms with E-state index >= 15 is 0 Å². The highest BCUT2D eigenvalue weighted by molar-refractivity contribution is 5.76. The molecule has 0 bridgehead atoms. The number of piperidine rings is 2. The van der Waals surface area contributed by atoms with Crippen LogP contribution in [0.4, 0.5) is 0 Å². The van der Waals surface area contributed by atoms with Crippen LogP contribution in [0.2, 0.25) is 0 Å². The largest absolute Gasteiger partial charge is 0.352 e. The summed E-state index contributed by atoms with van der Waals surface area (Å²) < 4.78 is 0. The predicted octanol–water partition coefficient (Wildman–Crippen LogP) is 1.37. The van der Waals surface area contributed by atoms with Crippen LogP contribution in [0.3, 0.4) is 0 Å². The van der Waals surface area contributed by atoms with Gasteiger partial charge in [0.2, 0.25) is 5.91 Å². The summed E-state index contributed by atoms with van der Waals surface area (Å²) in [6.07, 6.45) is 7.01. The van der Waals surface area contributed by atoms with E-state index in [4.69, 9.17) is 0 Å². The molecule has 2 heterocycles. The molecule has 2 rings (SSSR count). The number of carbonyl (C=O) groups excluding carboxylic acids is 1.